The second kappa shape index (κ2) is 5.98. The van der Waals surface area contributed by atoms with Crippen LogP contribution in [0.3, 0.4) is 0 Å². The lowest BCUT2D eigenvalue weighted by molar-refractivity contribution is 0.928. The lowest BCUT2D eigenvalue weighted by Gasteiger charge is -2.23. The Kier molecular flexibility index (Phi) is 4.92. The van der Waals surface area contributed by atoms with E-state index in [1.807, 2.05) is 0 Å². The number of benzene rings is 1. The summed E-state index contributed by atoms with van der Waals surface area (Å²) in [6.45, 7) is 14.6. The van der Waals surface area contributed by atoms with Gasteiger partial charge >= 0.3 is 0 Å². The normalized spacial score (nSPS) is 12.0. The molecule has 0 fully saturated rings. The Labute approximate surface area is 101 Å². The summed E-state index contributed by atoms with van der Waals surface area (Å²) in [7, 11) is 0. The first-order valence-corrected chi connectivity index (χ1v) is 6.26. The molecule has 1 atom stereocenters. The van der Waals surface area contributed by atoms with Crippen LogP contribution in [0.25, 0.3) is 0 Å². The largest absolute Gasteiger partial charge is 0.164 e. The van der Waals surface area contributed by atoms with Crippen molar-refractivity contribution in [1.82, 2.24) is 0 Å². The third-order valence-electron chi connectivity index (χ3n) is 3.10. The van der Waals surface area contributed by atoms with Crippen LogP contribution in [0.15, 0.2) is 42.4 Å². The van der Waals surface area contributed by atoms with E-state index in [9.17, 15) is 0 Å². The Morgan fingerprint density at radius 1 is 1.12 bits per heavy atom. The Hall–Kier alpha value is -0.910. The van der Waals surface area contributed by atoms with E-state index in [-0.39, 0.29) is 0 Å². The van der Waals surface area contributed by atoms with Crippen molar-refractivity contribution in [2.75, 3.05) is 0 Å². The highest BCUT2D eigenvalue weighted by Gasteiger charge is 2.20. The molecule has 84 valence electrons. The van der Waals surface area contributed by atoms with E-state index in [1.165, 1.54) is 17.4 Å². The van der Waals surface area contributed by atoms with E-state index >= 15 is 0 Å². The summed E-state index contributed by atoms with van der Waals surface area (Å²) >= 11 is 0. The molecule has 0 aliphatic rings. The molecule has 0 spiro atoms. The maximum Gasteiger partial charge on any atom is 0.164 e. The highest BCUT2D eigenvalue weighted by molar-refractivity contribution is 6.64. The molecule has 0 N–H and O–H groups in total. The van der Waals surface area contributed by atoms with Crippen LogP contribution in [-0.4, -0.2) is 13.4 Å². The van der Waals surface area contributed by atoms with Gasteiger partial charge in [0.25, 0.3) is 0 Å². The maximum atomic E-state index is 4.28. The van der Waals surface area contributed by atoms with Crippen molar-refractivity contribution in [1.29, 1.82) is 0 Å². The summed E-state index contributed by atoms with van der Waals surface area (Å²) in [4.78, 5) is 0. The lowest BCUT2D eigenvalue weighted by Crippen LogP contribution is -2.17. The van der Waals surface area contributed by atoms with Crippen molar-refractivity contribution in [3.05, 3.63) is 47.9 Å². The van der Waals surface area contributed by atoms with Gasteiger partial charge in [0.15, 0.2) is 6.71 Å². The number of hydrogen-bond donors (Lipinski definition) is 0. The van der Waals surface area contributed by atoms with Crippen LogP contribution in [0, 0.1) is 0 Å². The van der Waals surface area contributed by atoms with E-state index in [4.69, 9.17) is 0 Å². The highest BCUT2D eigenvalue weighted by atomic mass is 14.1. The molecule has 16 heavy (non-hydrogen) atoms. The van der Waals surface area contributed by atoms with Gasteiger partial charge in [-0.2, -0.15) is 0 Å². The SMILES string of the molecule is C=C(B(C)C)C(CB(C)C)c1ccccc1. The van der Waals surface area contributed by atoms with Gasteiger partial charge in [0.2, 0.25) is 0 Å². The predicted octanol–water partition coefficient (Wildman–Crippen LogP) is 4.37. The summed E-state index contributed by atoms with van der Waals surface area (Å²) in [6, 6.07) is 10.8. The molecule has 2 heteroatoms. The van der Waals surface area contributed by atoms with Crippen LogP contribution in [0.5, 0.6) is 0 Å². The smallest absolute Gasteiger partial charge is 0.108 e. The molecule has 0 radical (unpaired) electrons. The summed E-state index contributed by atoms with van der Waals surface area (Å²) in [6.07, 6.45) is 1.20. The molecule has 0 saturated heterocycles. The van der Waals surface area contributed by atoms with Gasteiger partial charge < -0.3 is 0 Å². The molecular weight excluding hydrogens is 190 g/mol. The van der Waals surface area contributed by atoms with E-state index in [0.29, 0.717) is 19.3 Å². The molecule has 1 aromatic carbocycles. The van der Waals surface area contributed by atoms with Gasteiger partial charge in [-0.15, -0.1) is 12.1 Å². The van der Waals surface area contributed by atoms with E-state index in [0.717, 1.165) is 0 Å². The summed E-state index contributed by atoms with van der Waals surface area (Å²) in [5, 5.41) is 0. The molecule has 0 amide bonds. The van der Waals surface area contributed by atoms with Crippen molar-refractivity contribution >= 4 is 13.4 Å². The first kappa shape index (κ1) is 13.2. The molecule has 1 rings (SSSR count). The van der Waals surface area contributed by atoms with Gasteiger partial charge in [0.1, 0.15) is 6.71 Å². The van der Waals surface area contributed by atoms with Crippen molar-refractivity contribution in [3.8, 4) is 0 Å². The molecule has 1 aromatic rings. The van der Waals surface area contributed by atoms with Crippen LogP contribution < -0.4 is 0 Å². The molecule has 0 nitrogen and oxygen atoms in total. The third-order valence-corrected chi connectivity index (χ3v) is 3.10. The van der Waals surface area contributed by atoms with Gasteiger partial charge in [0.05, 0.1) is 0 Å². The number of rotatable bonds is 5. The van der Waals surface area contributed by atoms with E-state index < -0.39 is 0 Å². The predicted molar refractivity (Wildman–Crippen MR) is 78.1 cm³/mol. The van der Waals surface area contributed by atoms with Crippen molar-refractivity contribution in [2.45, 2.75) is 39.5 Å². The number of allylic oxidation sites excluding steroid dienone is 1. The first-order chi connectivity index (χ1) is 7.52. The minimum atomic E-state index is 0.515. The third kappa shape index (κ3) is 3.59. The fraction of sp³-hybridized carbons (Fsp3) is 0.429. The summed E-state index contributed by atoms with van der Waals surface area (Å²) in [5.41, 5.74) is 2.77. The average molecular weight is 212 g/mol. The van der Waals surface area contributed by atoms with Gasteiger partial charge in [-0.1, -0.05) is 63.9 Å². The maximum absolute atomic E-state index is 4.28. The Morgan fingerprint density at radius 3 is 2.12 bits per heavy atom. The number of hydrogen-bond acceptors (Lipinski definition) is 0. The zero-order valence-corrected chi connectivity index (χ0v) is 11.0. The van der Waals surface area contributed by atoms with Crippen molar-refractivity contribution in [2.24, 2.45) is 0 Å². The van der Waals surface area contributed by atoms with Gasteiger partial charge in [0, 0.05) is 0 Å². The Morgan fingerprint density at radius 2 is 1.69 bits per heavy atom. The first-order valence-electron chi connectivity index (χ1n) is 6.26. The zero-order valence-electron chi connectivity index (χ0n) is 11.0. The van der Waals surface area contributed by atoms with Crippen LogP contribution in [-0.2, 0) is 0 Å². The lowest BCUT2D eigenvalue weighted by atomic mass is 9.40. The molecular formula is C14H22B2. The van der Waals surface area contributed by atoms with E-state index in [1.54, 1.807) is 0 Å². The summed E-state index contributed by atoms with van der Waals surface area (Å²) < 4.78 is 0. The van der Waals surface area contributed by atoms with Gasteiger partial charge in [-0.3, -0.25) is 0 Å². The topological polar surface area (TPSA) is 0 Å². The molecule has 0 aliphatic heterocycles. The minimum absolute atomic E-state index is 0.515. The molecule has 0 heterocycles. The second-order valence-electron chi connectivity index (χ2n) is 5.32. The van der Waals surface area contributed by atoms with Crippen molar-refractivity contribution in [3.63, 3.8) is 0 Å². The second-order valence-corrected chi connectivity index (χ2v) is 5.32. The highest BCUT2D eigenvalue weighted by Crippen LogP contribution is 2.30. The molecule has 0 aromatic heterocycles. The quantitative estimate of drug-likeness (QED) is 0.635. The monoisotopic (exact) mass is 212 g/mol. The Balaban J connectivity index is 2.92. The molecule has 0 bridgehead atoms. The van der Waals surface area contributed by atoms with E-state index in [2.05, 4.69) is 64.2 Å². The molecule has 0 aliphatic carbocycles. The van der Waals surface area contributed by atoms with Crippen molar-refractivity contribution < 1.29 is 0 Å². The van der Waals surface area contributed by atoms with Crippen LogP contribution in [0.1, 0.15) is 11.5 Å². The minimum Gasteiger partial charge on any atom is -0.108 e. The Bertz CT molecular complexity index is 328. The fourth-order valence-electron chi connectivity index (χ4n) is 2.06. The van der Waals surface area contributed by atoms with Crippen LogP contribution >= 0.6 is 0 Å². The standard InChI is InChI=1S/C14H22B2/c1-12(16(4)5)14(11-15(2)3)13-9-7-6-8-10-13/h6-10,14H,1,11H2,2-5H3. The fourth-order valence-corrected chi connectivity index (χ4v) is 2.06. The summed E-state index contributed by atoms with van der Waals surface area (Å²) in [5.74, 6) is 0.515. The van der Waals surface area contributed by atoms with Crippen LogP contribution in [0.2, 0.25) is 33.6 Å². The van der Waals surface area contributed by atoms with Gasteiger partial charge in [-0.25, -0.2) is 0 Å². The van der Waals surface area contributed by atoms with Crippen LogP contribution in [0.4, 0.5) is 0 Å². The molecule has 1 unspecified atom stereocenters. The average Bonchev–Trinajstić information content (AvgIpc) is 2.26. The van der Waals surface area contributed by atoms with Gasteiger partial charge in [-0.05, 0) is 11.5 Å². The zero-order chi connectivity index (χ0) is 12.1. The molecule has 0 saturated carbocycles.